The van der Waals surface area contributed by atoms with E-state index in [2.05, 4.69) is 16.7 Å². The zero-order valence-electron chi connectivity index (χ0n) is 23.0. The van der Waals surface area contributed by atoms with Gasteiger partial charge in [-0.25, -0.2) is 0 Å². The van der Waals surface area contributed by atoms with Crippen molar-refractivity contribution in [3.05, 3.63) is 108 Å². The lowest BCUT2D eigenvalue weighted by molar-refractivity contribution is -0.147. The number of carbonyl (C=O) groups excluding carboxylic acids is 3. The van der Waals surface area contributed by atoms with Crippen molar-refractivity contribution in [2.75, 3.05) is 17.2 Å². The van der Waals surface area contributed by atoms with E-state index in [9.17, 15) is 14.4 Å². The van der Waals surface area contributed by atoms with Crippen molar-refractivity contribution in [1.29, 1.82) is 0 Å². The second-order valence-electron chi connectivity index (χ2n) is 9.50. The lowest BCUT2D eigenvalue weighted by atomic mass is 10.1. The normalized spacial score (nSPS) is 10.4. The SMILES string of the molecule is Cc1cc(C)cc(Oc2ccc(NC(=O)CCCC(=O)OCC(=O)Nc3ccc(Oc4ccccc4)cc3)cc2)c1. The highest BCUT2D eigenvalue weighted by molar-refractivity contribution is 5.93. The Morgan fingerprint density at radius 2 is 1.10 bits per heavy atom. The van der Waals surface area contributed by atoms with E-state index in [4.69, 9.17) is 14.2 Å². The van der Waals surface area contributed by atoms with Crippen LogP contribution in [0.1, 0.15) is 30.4 Å². The molecular formula is C33H32N2O6. The van der Waals surface area contributed by atoms with Crippen molar-refractivity contribution in [3.63, 3.8) is 0 Å². The Balaban J connectivity index is 1.11. The highest BCUT2D eigenvalue weighted by Crippen LogP contribution is 2.25. The second-order valence-corrected chi connectivity index (χ2v) is 9.50. The number of esters is 1. The zero-order chi connectivity index (χ0) is 29.0. The Morgan fingerprint density at radius 1 is 0.585 bits per heavy atom. The van der Waals surface area contributed by atoms with E-state index in [-0.39, 0.29) is 18.7 Å². The Morgan fingerprint density at radius 3 is 1.68 bits per heavy atom. The first-order valence-corrected chi connectivity index (χ1v) is 13.3. The van der Waals surface area contributed by atoms with E-state index >= 15 is 0 Å². The number of ether oxygens (including phenoxy) is 3. The molecule has 8 heteroatoms. The average Bonchev–Trinajstić information content (AvgIpc) is 2.94. The van der Waals surface area contributed by atoms with Crippen molar-refractivity contribution >= 4 is 29.2 Å². The minimum absolute atomic E-state index is 0.0227. The van der Waals surface area contributed by atoms with Crippen molar-refractivity contribution in [2.45, 2.75) is 33.1 Å². The van der Waals surface area contributed by atoms with Gasteiger partial charge in [-0.2, -0.15) is 0 Å². The lowest BCUT2D eigenvalue weighted by Gasteiger charge is -2.10. The van der Waals surface area contributed by atoms with Crippen LogP contribution in [0, 0.1) is 13.8 Å². The van der Waals surface area contributed by atoms with Crippen LogP contribution in [0.15, 0.2) is 97.1 Å². The molecule has 2 amide bonds. The van der Waals surface area contributed by atoms with Crippen LogP contribution in [-0.4, -0.2) is 24.4 Å². The predicted octanol–water partition coefficient (Wildman–Crippen LogP) is 7.18. The number of anilines is 2. The molecular weight excluding hydrogens is 520 g/mol. The standard InChI is InChI=1S/C33H32N2O6/c1-23-19-24(2)21-30(20-23)41-29-17-11-25(12-18-29)34-31(36)9-6-10-33(38)39-22-32(37)35-26-13-15-28(16-14-26)40-27-7-4-3-5-8-27/h3-5,7-8,11-21H,6,9-10,22H2,1-2H3,(H,34,36)(H,35,37). The van der Waals surface area contributed by atoms with E-state index in [0.717, 1.165) is 16.9 Å². The molecule has 0 bridgehead atoms. The Labute approximate surface area is 239 Å². The summed E-state index contributed by atoms with van der Waals surface area (Å²) in [6, 6.07) is 29.3. The largest absolute Gasteiger partial charge is 0.457 e. The molecule has 41 heavy (non-hydrogen) atoms. The maximum absolute atomic E-state index is 12.3. The number of hydrogen-bond donors (Lipinski definition) is 2. The van der Waals surface area contributed by atoms with E-state index in [1.165, 1.54) is 0 Å². The fourth-order valence-corrected chi connectivity index (χ4v) is 4.00. The molecule has 0 atom stereocenters. The third-order valence-electron chi connectivity index (χ3n) is 5.83. The molecule has 0 heterocycles. The molecule has 0 aliphatic rings. The maximum atomic E-state index is 12.3. The topological polar surface area (TPSA) is 103 Å². The van der Waals surface area contributed by atoms with E-state index in [0.29, 0.717) is 35.0 Å². The van der Waals surface area contributed by atoms with Gasteiger partial charge in [0.15, 0.2) is 6.61 Å². The molecule has 4 aromatic carbocycles. The first-order chi connectivity index (χ1) is 19.8. The Hall–Kier alpha value is -5.11. The monoisotopic (exact) mass is 552 g/mol. The third-order valence-corrected chi connectivity index (χ3v) is 5.83. The zero-order valence-corrected chi connectivity index (χ0v) is 23.0. The summed E-state index contributed by atoms with van der Waals surface area (Å²) in [6.45, 7) is 3.61. The molecule has 2 N–H and O–H groups in total. The van der Waals surface area contributed by atoms with Gasteiger partial charge < -0.3 is 24.8 Å². The van der Waals surface area contributed by atoms with Gasteiger partial charge >= 0.3 is 5.97 Å². The predicted molar refractivity (Wildman–Crippen MR) is 157 cm³/mol. The van der Waals surface area contributed by atoms with Gasteiger partial charge in [-0.05, 0) is 104 Å². The van der Waals surface area contributed by atoms with Crippen LogP contribution < -0.4 is 20.1 Å². The van der Waals surface area contributed by atoms with Crippen molar-refractivity contribution < 1.29 is 28.6 Å². The third kappa shape index (κ3) is 9.85. The number of amides is 2. The van der Waals surface area contributed by atoms with Crippen LogP contribution >= 0.6 is 0 Å². The molecule has 0 saturated heterocycles. The minimum Gasteiger partial charge on any atom is -0.457 e. The molecule has 0 aromatic heterocycles. The van der Waals surface area contributed by atoms with Crippen molar-refractivity contribution in [1.82, 2.24) is 0 Å². The van der Waals surface area contributed by atoms with Gasteiger partial charge in [-0.1, -0.05) is 24.3 Å². The lowest BCUT2D eigenvalue weighted by Crippen LogP contribution is -2.21. The molecule has 0 aliphatic heterocycles. The summed E-state index contributed by atoms with van der Waals surface area (Å²) >= 11 is 0. The second kappa shape index (κ2) is 14.3. The van der Waals surface area contributed by atoms with Crippen molar-refractivity contribution in [3.8, 4) is 23.0 Å². The minimum atomic E-state index is -0.549. The van der Waals surface area contributed by atoms with Crippen LogP contribution in [0.3, 0.4) is 0 Å². The van der Waals surface area contributed by atoms with E-state index < -0.39 is 18.5 Å². The summed E-state index contributed by atoms with van der Waals surface area (Å²) in [5, 5.41) is 5.47. The van der Waals surface area contributed by atoms with Gasteiger partial charge in [0.2, 0.25) is 5.91 Å². The molecule has 0 radical (unpaired) electrons. The number of aryl methyl sites for hydroxylation is 2. The summed E-state index contributed by atoms with van der Waals surface area (Å²) in [6.07, 6.45) is 0.456. The molecule has 0 aliphatic carbocycles. The van der Waals surface area contributed by atoms with Crippen LogP contribution in [0.4, 0.5) is 11.4 Å². The number of para-hydroxylation sites is 1. The maximum Gasteiger partial charge on any atom is 0.306 e. The van der Waals surface area contributed by atoms with Crippen LogP contribution in [-0.2, 0) is 19.1 Å². The van der Waals surface area contributed by atoms with Crippen LogP contribution in [0.5, 0.6) is 23.0 Å². The molecule has 8 nitrogen and oxygen atoms in total. The number of rotatable bonds is 12. The van der Waals surface area contributed by atoms with Gasteiger partial charge in [0, 0.05) is 24.2 Å². The molecule has 210 valence electrons. The number of hydrogen-bond acceptors (Lipinski definition) is 6. The van der Waals surface area contributed by atoms with Gasteiger partial charge in [0.1, 0.15) is 23.0 Å². The fourth-order valence-electron chi connectivity index (χ4n) is 4.00. The quantitative estimate of drug-likeness (QED) is 0.181. The van der Waals surface area contributed by atoms with E-state index in [1.54, 1.807) is 48.5 Å². The van der Waals surface area contributed by atoms with Crippen LogP contribution in [0.25, 0.3) is 0 Å². The molecule has 0 fully saturated rings. The number of nitrogens with one attached hydrogen (secondary N) is 2. The number of carbonyl (C=O) groups is 3. The fraction of sp³-hybridized carbons (Fsp3) is 0.182. The van der Waals surface area contributed by atoms with E-state index in [1.807, 2.05) is 56.3 Å². The summed E-state index contributed by atoms with van der Waals surface area (Å²) in [5.74, 6) is 1.52. The molecule has 4 aromatic rings. The van der Waals surface area contributed by atoms with Gasteiger partial charge in [-0.3, -0.25) is 14.4 Å². The Bertz CT molecular complexity index is 1450. The average molecular weight is 553 g/mol. The summed E-state index contributed by atoms with van der Waals surface area (Å²) in [7, 11) is 0. The molecule has 0 unspecified atom stereocenters. The summed E-state index contributed by atoms with van der Waals surface area (Å²) in [5.41, 5.74) is 3.41. The molecule has 0 saturated carbocycles. The van der Waals surface area contributed by atoms with Gasteiger partial charge in [0.25, 0.3) is 5.91 Å². The van der Waals surface area contributed by atoms with Gasteiger partial charge in [0.05, 0.1) is 0 Å². The number of benzene rings is 4. The smallest absolute Gasteiger partial charge is 0.306 e. The molecule has 4 rings (SSSR count). The summed E-state index contributed by atoms with van der Waals surface area (Å²) < 4.78 is 16.6. The Kier molecular flexibility index (Phi) is 10.1. The highest BCUT2D eigenvalue weighted by Gasteiger charge is 2.10. The summed E-state index contributed by atoms with van der Waals surface area (Å²) in [4.78, 5) is 36.4. The van der Waals surface area contributed by atoms with Gasteiger partial charge in [-0.15, -0.1) is 0 Å². The highest BCUT2D eigenvalue weighted by atomic mass is 16.5. The first-order valence-electron chi connectivity index (χ1n) is 13.3. The molecule has 0 spiro atoms. The first kappa shape index (κ1) is 28.9. The van der Waals surface area contributed by atoms with Crippen LogP contribution in [0.2, 0.25) is 0 Å². The van der Waals surface area contributed by atoms with Crippen molar-refractivity contribution in [2.24, 2.45) is 0 Å².